The quantitative estimate of drug-likeness (QED) is 0.0715. The molecule has 0 saturated carbocycles. The van der Waals surface area contributed by atoms with Crippen molar-refractivity contribution >= 4 is 45.3 Å². The number of benzene rings is 10. The van der Waals surface area contributed by atoms with Crippen LogP contribution in [0.15, 0.2) is 254 Å². The van der Waals surface area contributed by atoms with Crippen LogP contribution in [0.5, 0.6) is 23.0 Å². The van der Waals surface area contributed by atoms with Crippen molar-refractivity contribution in [3.63, 3.8) is 0 Å². The molecule has 0 saturated heterocycles. The molecule has 0 heterocycles. The second kappa shape index (κ2) is 18.9. The van der Waals surface area contributed by atoms with E-state index in [0.717, 1.165) is 67.3 Å². The Kier molecular flexibility index (Phi) is 11.7. The molecule has 10 aromatic carbocycles. The van der Waals surface area contributed by atoms with Gasteiger partial charge in [-0.05, 0) is 46.5 Å². The minimum absolute atomic E-state index is 0.234. The van der Waals surface area contributed by atoms with Gasteiger partial charge in [0.05, 0.1) is 56.4 Å². The molecule has 348 valence electrons. The molecule has 8 heteroatoms. The Morgan fingerprint density at radius 1 is 0.236 bits per heavy atom. The molecule has 0 radical (unpaired) electrons. The third-order valence-electron chi connectivity index (χ3n) is 13.0. The highest BCUT2D eigenvalue weighted by Crippen LogP contribution is 2.56. The lowest BCUT2D eigenvalue weighted by molar-refractivity contribution is 0.382. The van der Waals surface area contributed by atoms with Gasteiger partial charge in [-0.15, -0.1) is 0 Å². The van der Waals surface area contributed by atoms with Gasteiger partial charge < -0.3 is 40.4 Å². The molecule has 0 unspecified atom stereocenters. The summed E-state index contributed by atoms with van der Waals surface area (Å²) < 4.78 is 0. The van der Waals surface area contributed by atoms with Gasteiger partial charge in [-0.3, -0.25) is 0 Å². The van der Waals surface area contributed by atoms with Crippen LogP contribution in [0.4, 0.5) is 34.1 Å². The Hall–Kier alpha value is -9.92. The van der Waals surface area contributed by atoms with Crippen molar-refractivity contribution in [1.82, 2.24) is 0 Å². The highest BCUT2D eigenvalue weighted by atomic mass is 16.3. The molecule has 0 fully saturated rings. The lowest BCUT2D eigenvalue weighted by atomic mass is 9.82. The van der Waals surface area contributed by atoms with Crippen LogP contribution in [-0.2, 0) is 0 Å². The number of phenols is 4. The summed E-state index contributed by atoms with van der Waals surface area (Å²) in [6.07, 6.45) is 0. The third kappa shape index (κ3) is 7.98. The summed E-state index contributed by atoms with van der Waals surface area (Å²) in [6, 6.07) is 77.1. The van der Waals surface area contributed by atoms with Gasteiger partial charge in [0.1, 0.15) is 34.5 Å². The maximum Gasteiger partial charge on any atom is 0.139 e. The van der Waals surface area contributed by atoms with Crippen molar-refractivity contribution in [2.24, 2.45) is 0 Å². The predicted molar refractivity (Wildman–Crippen MR) is 290 cm³/mol. The average Bonchev–Trinajstić information content (AvgIpc) is 3.42. The molecule has 10 aromatic rings. The smallest absolute Gasteiger partial charge is 0.139 e. The maximum atomic E-state index is 12.0. The Labute approximate surface area is 416 Å². The molecule has 0 amide bonds. The molecular formula is C64H46N2O6. The van der Waals surface area contributed by atoms with Gasteiger partial charge in [0.2, 0.25) is 0 Å². The van der Waals surface area contributed by atoms with E-state index in [1.54, 1.807) is 0 Å². The van der Waals surface area contributed by atoms with Crippen molar-refractivity contribution in [1.29, 1.82) is 0 Å². The van der Waals surface area contributed by atoms with Gasteiger partial charge in [-0.1, -0.05) is 194 Å². The summed E-state index contributed by atoms with van der Waals surface area (Å²) >= 11 is 0. The van der Waals surface area contributed by atoms with Crippen molar-refractivity contribution in [2.75, 3.05) is 9.80 Å². The summed E-state index contributed by atoms with van der Waals surface area (Å²) in [7, 11) is 0. The zero-order valence-electron chi connectivity index (χ0n) is 38.7. The summed E-state index contributed by atoms with van der Waals surface area (Å²) in [5, 5.41) is 71.6. The molecule has 0 bridgehead atoms. The molecule has 0 spiro atoms. The zero-order valence-corrected chi connectivity index (χ0v) is 38.7. The normalized spacial score (nSPS) is 12.1. The summed E-state index contributed by atoms with van der Waals surface area (Å²) in [4.78, 5) is 3.92. The van der Waals surface area contributed by atoms with Crippen molar-refractivity contribution < 1.29 is 30.6 Å². The molecule has 6 N–H and O–H groups in total. The van der Waals surface area contributed by atoms with Crippen LogP contribution in [0.25, 0.3) is 55.7 Å². The number of rotatable bonds is 12. The van der Waals surface area contributed by atoms with Gasteiger partial charge in [0, 0.05) is 46.5 Å². The number of nitrogens with zero attached hydrogens (tertiary/aromatic N) is 2. The minimum Gasteiger partial charge on any atom is -0.507 e. The Bertz CT molecular complexity index is 3240. The average molecular weight is 939 g/mol. The SMILES string of the molecule is OC1=C(c2c(O)cc(N(c3ccccc3-c3ccccc3)c3ccccc3-c3ccccc3)cc2O)C(O)=C1c1c(O)cc(N(c2ccccc2-c2ccccc2)c2ccccc2-c2ccccc2)cc1O. The topological polar surface area (TPSA) is 128 Å². The molecule has 1 aliphatic carbocycles. The molecule has 0 aliphatic heterocycles. The molecule has 0 atom stereocenters. The van der Waals surface area contributed by atoms with E-state index in [4.69, 9.17) is 0 Å². The molecular weight excluding hydrogens is 893 g/mol. The van der Waals surface area contributed by atoms with E-state index in [2.05, 4.69) is 0 Å². The van der Waals surface area contributed by atoms with Gasteiger partial charge in [-0.2, -0.15) is 0 Å². The molecule has 72 heavy (non-hydrogen) atoms. The number of hydrogen-bond acceptors (Lipinski definition) is 8. The number of aliphatic hydroxyl groups is 2. The number of phenolic OH excluding ortho intramolecular Hbond substituents is 4. The van der Waals surface area contributed by atoms with Crippen molar-refractivity contribution in [3.05, 3.63) is 265 Å². The Morgan fingerprint density at radius 2 is 0.444 bits per heavy atom. The van der Waals surface area contributed by atoms with Crippen LogP contribution >= 0.6 is 0 Å². The van der Waals surface area contributed by atoms with E-state index in [0.29, 0.717) is 11.4 Å². The van der Waals surface area contributed by atoms with Crippen LogP contribution in [0.2, 0.25) is 0 Å². The van der Waals surface area contributed by atoms with E-state index in [9.17, 15) is 30.6 Å². The zero-order chi connectivity index (χ0) is 49.3. The first-order valence-electron chi connectivity index (χ1n) is 23.4. The number of hydrogen-bond donors (Lipinski definition) is 6. The fourth-order valence-corrected chi connectivity index (χ4v) is 9.79. The highest BCUT2D eigenvalue weighted by molar-refractivity contribution is 6.10. The molecule has 8 nitrogen and oxygen atoms in total. The monoisotopic (exact) mass is 938 g/mol. The fraction of sp³-hybridized carbons (Fsp3) is 0. The number of aliphatic hydroxyl groups excluding tert-OH is 2. The minimum atomic E-state index is -0.550. The first-order chi connectivity index (χ1) is 35.3. The van der Waals surface area contributed by atoms with Crippen LogP contribution in [0.3, 0.4) is 0 Å². The number of aromatic hydroxyl groups is 4. The summed E-state index contributed by atoms with van der Waals surface area (Å²) in [6.45, 7) is 0. The van der Waals surface area contributed by atoms with Crippen LogP contribution in [0.1, 0.15) is 11.1 Å². The highest BCUT2D eigenvalue weighted by Gasteiger charge is 2.38. The Balaban J connectivity index is 1.01. The number of para-hydroxylation sites is 4. The fourth-order valence-electron chi connectivity index (χ4n) is 9.79. The van der Waals surface area contributed by atoms with E-state index < -0.39 is 34.5 Å². The predicted octanol–water partition coefficient (Wildman–Crippen LogP) is 16.4. The van der Waals surface area contributed by atoms with Crippen LogP contribution in [-0.4, -0.2) is 30.6 Å². The maximum absolute atomic E-state index is 12.0. The number of allylic oxidation sites excluding steroid dienone is 2. The molecule has 0 aromatic heterocycles. The molecule has 11 rings (SSSR count). The lowest BCUT2D eigenvalue weighted by Crippen LogP contribution is -2.15. The van der Waals surface area contributed by atoms with Gasteiger partial charge in [-0.25, -0.2) is 0 Å². The summed E-state index contributed by atoms with van der Waals surface area (Å²) in [5.41, 5.74) is 10.2. The van der Waals surface area contributed by atoms with Gasteiger partial charge in [0.25, 0.3) is 0 Å². The lowest BCUT2D eigenvalue weighted by Gasteiger charge is -2.32. The Morgan fingerprint density at radius 3 is 0.681 bits per heavy atom. The van der Waals surface area contributed by atoms with E-state index >= 15 is 0 Å². The van der Waals surface area contributed by atoms with E-state index in [1.807, 2.05) is 228 Å². The van der Waals surface area contributed by atoms with Crippen molar-refractivity contribution in [2.45, 2.75) is 0 Å². The van der Waals surface area contributed by atoms with Crippen LogP contribution < -0.4 is 9.80 Å². The van der Waals surface area contributed by atoms with Crippen LogP contribution in [0, 0.1) is 0 Å². The largest absolute Gasteiger partial charge is 0.507 e. The second-order valence-electron chi connectivity index (χ2n) is 17.4. The molecule has 1 aliphatic rings. The van der Waals surface area contributed by atoms with E-state index in [-0.39, 0.29) is 22.3 Å². The first-order valence-corrected chi connectivity index (χ1v) is 23.4. The van der Waals surface area contributed by atoms with E-state index in [1.165, 1.54) is 24.3 Å². The number of anilines is 6. The second-order valence-corrected chi connectivity index (χ2v) is 17.4. The van der Waals surface area contributed by atoms with Gasteiger partial charge >= 0.3 is 0 Å². The van der Waals surface area contributed by atoms with Gasteiger partial charge in [0.15, 0.2) is 0 Å². The van der Waals surface area contributed by atoms with Crippen molar-refractivity contribution in [3.8, 4) is 67.5 Å². The summed E-state index contributed by atoms with van der Waals surface area (Å²) in [5.74, 6) is -2.86. The standard InChI is InChI=1S/C64H46N2O6/c67-55-37-45(65(51-33-17-13-29-47(51)41-21-5-1-6-22-41)52-34-18-14-30-48(52)42-23-7-2-8-24-42)38-56(68)59(55)61-63(71)62(64(61)72)60-57(69)39-46(40-58(60)70)66(53-35-19-15-31-49(53)43-25-9-3-10-26-43)54-36-20-16-32-50(54)44-27-11-4-12-28-44/h1-40,67-72H. The third-order valence-corrected chi connectivity index (χ3v) is 13.0. The first kappa shape index (κ1) is 44.6.